The fourth-order valence-corrected chi connectivity index (χ4v) is 8.40. The number of rotatable bonds is 8. The Bertz CT molecular complexity index is 3310. The molecule has 0 amide bonds. The fraction of sp³-hybridized carbons (Fsp3) is 0. The summed E-state index contributed by atoms with van der Waals surface area (Å²) in [5.41, 5.74) is 16.9. The molecule has 3 aromatic heterocycles. The lowest BCUT2D eigenvalue weighted by atomic mass is 9.94. The average Bonchev–Trinajstić information content (AvgIpc) is 3.76. The van der Waals surface area contributed by atoms with Gasteiger partial charge in [-0.15, -0.1) is 0 Å². The van der Waals surface area contributed by atoms with E-state index in [0.29, 0.717) is 5.82 Å². The van der Waals surface area contributed by atoms with Crippen LogP contribution in [0.5, 0.6) is 0 Å². The van der Waals surface area contributed by atoms with Crippen LogP contribution >= 0.6 is 0 Å². The van der Waals surface area contributed by atoms with Gasteiger partial charge in [-0.1, -0.05) is 206 Å². The van der Waals surface area contributed by atoms with E-state index in [2.05, 4.69) is 211 Å². The molecular weight excluding hydrogens is 741 g/mol. The van der Waals surface area contributed by atoms with Gasteiger partial charge in [-0.2, -0.15) is 5.10 Å². The number of pyridine rings is 1. The van der Waals surface area contributed by atoms with E-state index in [4.69, 9.17) is 15.1 Å². The van der Waals surface area contributed by atoms with E-state index in [1.807, 2.05) is 24.3 Å². The lowest BCUT2D eigenvalue weighted by molar-refractivity contribution is 0.979. The molecule has 0 unspecified atom stereocenters. The second-order valence-corrected chi connectivity index (χ2v) is 15.3. The number of hydrogen-bond acceptors (Lipinski definition) is 3. The average molecular weight is 779 g/mol. The summed E-state index contributed by atoms with van der Waals surface area (Å²) >= 11 is 0. The Morgan fingerprint density at radius 1 is 0.311 bits per heavy atom. The van der Waals surface area contributed by atoms with Gasteiger partial charge in [0.15, 0.2) is 5.82 Å². The maximum Gasteiger partial charge on any atom is 0.160 e. The van der Waals surface area contributed by atoms with Crippen molar-refractivity contribution in [3.8, 4) is 89.8 Å². The zero-order chi connectivity index (χ0) is 40.5. The quantitative estimate of drug-likeness (QED) is 0.154. The van der Waals surface area contributed by atoms with Crippen molar-refractivity contribution in [1.82, 2.24) is 19.6 Å². The van der Waals surface area contributed by atoms with Crippen LogP contribution in [0.4, 0.5) is 0 Å². The number of fused-ring (bicyclic) bond motifs is 3. The highest BCUT2D eigenvalue weighted by Gasteiger charge is 2.22. The highest BCUT2D eigenvalue weighted by molar-refractivity contribution is 6.09. The van der Waals surface area contributed by atoms with E-state index in [-0.39, 0.29) is 0 Å². The number of hydrogen-bond donors (Lipinski definition) is 0. The van der Waals surface area contributed by atoms with Crippen LogP contribution in [0.1, 0.15) is 0 Å². The van der Waals surface area contributed by atoms with E-state index < -0.39 is 0 Å². The zero-order valence-corrected chi connectivity index (χ0v) is 33.2. The normalized spacial score (nSPS) is 11.3. The molecule has 8 aromatic carbocycles. The van der Waals surface area contributed by atoms with Crippen LogP contribution in [-0.4, -0.2) is 19.6 Å². The van der Waals surface area contributed by atoms with Crippen molar-refractivity contribution in [2.75, 3.05) is 0 Å². The van der Waals surface area contributed by atoms with Crippen molar-refractivity contribution in [2.45, 2.75) is 0 Å². The van der Waals surface area contributed by atoms with Gasteiger partial charge in [0.25, 0.3) is 0 Å². The van der Waals surface area contributed by atoms with Gasteiger partial charge in [-0.3, -0.25) is 0 Å². The third-order valence-corrected chi connectivity index (χ3v) is 11.4. The van der Waals surface area contributed by atoms with Gasteiger partial charge in [-0.05, 0) is 57.5 Å². The third kappa shape index (κ3) is 6.86. The van der Waals surface area contributed by atoms with Gasteiger partial charge in [0.05, 0.1) is 22.6 Å². The van der Waals surface area contributed by atoms with E-state index in [9.17, 15) is 0 Å². The van der Waals surface area contributed by atoms with Gasteiger partial charge >= 0.3 is 0 Å². The van der Waals surface area contributed by atoms with E-state index in [0.717, 1.165) is 89.1 Å². The van der Waals surface area contributed by atoms with Crippen LogP contribution in [0, 0.1) is 0 Å². The third-order valence-electron chi connectivity index (χ3n) is 11.4. The summed E-state index contributed by atoms with van der Waals surface area (Å²) in [5, 5.41) is 7.67. The van der Waals surface area contributed by atoms with Crippen molar-refractivity contribution < 1.29 is 0 Å². The predicted octanol–water partition coefficient (Wildman–Crippen LogP) is 14.6. The monoisotopic (exact) mass is 778 g/mol. The number of aromatic nitrogens is 4. The first-order chi connectivity index (χ1) is 30.2. The molecule has 0 spiro atoms. The number of nitrogens with zero attached hydrogens (tertiary/aromatic N) is 4. The molecule has 0 radical (unpaired) electrons. The summed E-state index contributed by atoms with van der Waals surface area (Å²) in [5.74, 6) is 0.693. The molecule has 11 aromatic rings. The topological polar surface area (TPSA) is 43.1 Å². The van der Waals surface area contributed by atoms with Crippen LogP contribution in [0.15, 0.2) is 231 Å². The molecular formula is C57H38N4. The van der Waals surface area contributed by atoms with Crippen LogP contribution in [0.3, 0.4) is 0 Å². The molecule has 61 heavy (non-hydrogen) atoms. The zero-order valence-electron chi connectivity index (χ0n) is 33.2. The highest BCUT2D eigenvalue weighted by Crippen LogP contribution is 2.42. The second kappa shape index (κ2) is 15.5. The van der Waals surface area contributed by atoms with Crippen molar-refractivity contribution in [3.05, 3.63) is 231 Å². The second-order valence-electron chi connectivity index (χ2n) is 15.3. The van der Waals surface area contributed by atoms with Gasteiger partial charge in [0.1, 0.15) is 5.69 Å². The Morgan fingerprint density at radius 2 is 0.787 bits per heavy atom. The summed E-state index contributed by atoms with van der Waals surface area (Å²) in [6.45, 7) is 0. The molecule has 286 valence electrons. The molecule has 0 aliphatic carbocycles. The molecule has 0 aliphatic rings. The maximum absolute atomic E-state index is 5.39. The minimum Gasteiger partial charge on any atom is -0.231 e. The Morgan fingerprint density at radius 3 is 1.44 bits per heavy atom. The molecule has 4 nitrogen and oxygen atoms in total. The van der Waals surface area contributed by atoms with Crippen molar-refractivity contribution in [1.29, 1.82) is 0 Å². The smallest absolute Gasteiger partial charge is 0.160 e. The molecule has 0 aliphatic heterocycles. The van der Waals surface area contributed by atoms with E-state index in [1.165, 1.54) is 11.1 Å². The Balaban J connectivity index is 1.06. The first kappa shape index (κ1) is 35.9. The van der Waals surface area contributed by atoms with Gasteiger partial charge in [0.2, 0.25) is 0 Å². The summed E-state index contributed by atoms with van der Waals surface area (Å²) < 4.78 is 2.15. The van der Waals surface area contributed by atoms with Crippen molar-refractivity contribution >= 4 is 16.3 Å². The summed E-state index contributed by atoms with van der Waals surface area (Å²) in [7, 11) is 0. The van der Waals surface area contributed by atoms with E-state index in [1.54, 1.807) is 0 Å². The SMILES string of the molecule is c1ccc(-c2ccc(-c3cc(-c4cccc(-c5ccc6c(c5)cc(-c5ccccc5)n5nc(-c7ccccc7)c(-c7ccccc7)c65)c4)nc(-c4ccccc4)n3)cc2)cc1. The lowest BCUT2D eigenvalue weighted by Gasteiger charge is -2.13. The van der Waals surface area contributed by atoms with Crippen molar-refractivity contribution in [2.24, 2.45) is 0 Å². The predicted molar refractivity (Wildman–Crippen MR) is 252 cm³/mol. The Hall–Kier alpha value is -8.21. The summed E-state index contributed by atoms with van der Waals surface area (Å²) in [6, 6.07) is 81.0. The molecule has 11 rings (SSSR count). The maximum atomic E-state index is 5.39. The molecule has 4 heteroatoms. The molecule has 0 atom stereocenters. The van der Waals surface area contributed by atoms with Crippen LogP contribution in [0.25, 0.3) is 106 Å². The molecule has 0 fully saturated rings. The summed E-state index contributed by atoms with van der Waals surface area (Å²) in [4.78, 5) is 10.3. The first-order valence-corrected chi connectivity index (χ1v) is 20.6. The Labute approximate surface area is 354 Å². The molecule has 0 saturated heterocycles. The minimum atomic E-state index is 0.693. The molecule has 0 N–H and O–H groups in total. The fourth-order valence-electron chi connectivity index (χ4n) is 8.40. The van der Waals surface area contributed by atoms with Crippen molar-refractivity contribution in [3.63, 3.8) is 0 Å². The molecule has 3 heterocycles. The summed E-state index contributed by atoms with van der Waals surface area (Å²) in [6.07, 6.45) is 0. The lowest BCUT2D eigenvalue weighted by Crippen LogP contribution is -1.96. The standard InChI is InChI=1S/C57H38N4/c1-6-17-39(18-7-1)40-29-31-41(32-30-40)51-38-52(59-57(58-51)45-25-14-5-15-26-45)48-28-16-27-46(35-48)47-33-34-50-49(36-47)37-53(42-19-8-2-9-20-42)61-56(50)54(43-21-10-3-11-22-43)55(60-61)44-23-12-4-13-24-44/h1-38H. The largest absolute Gasteiger partial charge is 0.231 e. The minimum absolute atomic E-state index is 0.693. The number of benzene rings is 8. The van der Waals surface area contributed by atoms with Crippen LogP contribution < -0.4 is 0 Å². The van der Waals surface area contributed by atoms with Gasteiger partial charge in [0, 0.05) is 38.8 Å². The van der Waals surface area contributed by atoms with E-state index >= 15 is 0 Å². The Kier molecular flexibility index (Phi) is 9.14. The molecule has 0 saturated carbocycles. The first-order valence-electron chi connectivity index (χ1n) is 20.6. The van der Waals surface area contributed by atoms with Gasteiger partial charge < -0.3 is 0 Å². The van der Waals surface area contributed by atoms with Crippen LogP contribution in [0.2, 0.25) is 0 Å². The highest BCUT2D eigenvalue weighted by atomic mass is 15.2. The molecule has 0 bridgehead atoms. The van der Waals surface area contributed by atoms with Crippen LogP contribution in [-0.2, 0) is 0 Å². The van der Waals surface area contributed by atoms with Gasteiger partial charge in [-0.25, -0.2) is 14.5 Å².